The third-order valence-corrected chi connectivity index (χ3v) is 15.4. The number of fused-ring (bicyclic) bond motifs is 2. The van der Waals surface area contributed by atoms with E-state index in [1.165, 1.54) is 43.2 Å². The van der Waals surface area contributed by atoms with Crippen molar-refractivity contribution >= 4 is 99.5 Å². The van der Waals surface area contributed by atoms with Gasteiger partial charge in [0.05, 0.1) is 5.56 Å². The first-order valence-corrected chi connectivity index (χ1v) is 20.3. The molecule has 0 fully saturated rings. The van der Waals surface area contributed by atoms with E-state index < -0.39 is 7.26 Å². The van der Waals surface area contributed by atoms with Gasteiger partial charge in [-0.3, -0.25) is 4.79 Å². The Kier molecular flexibility index (Phi) is 9.18. The smallest absolute Gasteiger partial charge is 0.267 e. The van der Waals surface area contributed by atoms with Gasteiger partial charge in [-0.15, -0.1) is 0 Å². The van der Waals surface area contributed by atoms with Crippen LogP contribution in [0.3, 0.4) is 0 Å². The quantitative estimate of drug-likeness (QED) is 0.0680. The summed E-state index contributed by atoms with van der Waals surface area (Å²) in [6, 6.07) is 49.8. The van der Waals surface area contributed by atoms with Crippen LogP contribution >= 0.6 is 50.8 Å². The Morgan fingerprint density at radius 1 is 0.500 bits per heavy atom. The van der Waals surface area contributed by atoms with Crippen LogP contribution in [0.15, 0.2) is 140 Å². The highest BCUT2D eigenvalue weighted by molar-refractivity contribution is 8.83. The van der Waals surface area contributed by atoms with Crippen molar-refractivity contribution in [2.75, 3.05) is 12.5 Å². The van der Waals surface area contributed by atoms with Crippen molar-refractivity contribution in [3.63, 3.8) is 0 Å². The summed E-state index contributed by atoms with van der Waals surface area (Å²) in [6.07, 6.45) is 4.01. The molecule has 6 aromatic rings. The van der Waals surface area contributed by atoms with E-state index in [1.807, 2.05) is 12.5 Å². The van der Waals surface area contributed by atoms with Gasteiger partial charge in [0.15, 0.2) is 0 Å². The largest absolute Gasteiger partial charge is 0.276 e. The Balaban J connectivity index is 1.83. The molecule has 0 N–H and O–H groups in total. The molecular weight excluding hydrogens is 610 g/mol. The van der Waals surface area contributed by atoms with Crippen LogP contribution in [0.1, 0.15) is 10.4 Å². The normalized spacial score (nSPS) is 11.6. The standard InChI is InChI=1S/C35H29NOPS4/c1-39-41-36(42-40-2)35(37)33-29-22-12-14-24-31(29)34(32-25-15-13-23-30(32)33)38(26-16-6-3-7-17-26,27-18-8-4-9-19-27)28-20-10-5-11-21-28/h3-25H,1-2H3/q+1. The van der Waals surface area contributed by atoms with E-state index in [2.05, 4.69) is 140 Å². The van der Waals surface area contributed by atoms with E-state index in [0.29, 0.717) is 0 Å². The lowest BCUT2D eigenvalue weighted by Gasteiger charge is -2.30. The van der Waals surface area contributed by atoms with Crippen molar-refractivity contribution < 1.29 is 4.79 Å². The van der Waals surface area contributed by atoms with Crippen molar-refractivity contribution in [3.8, 4) is 0 Å². The first kappa shape index (κ1) is 29.2. The molecule has 0 heterocycles. The summed E-state index contributed by atoms with van der Waals surface area (Å²) >= 11 is 0. The average Bonchev–Trinajstić information content (AvgIpc) is 3.06. The van der Waals surface area contributed by atoms with Gasteiger partial charge in [0.2, 0.25) is 0 Å². The van der Waals surface area contributed by atoms with Gasteiger partial charge in [-0.2, -0.15) is 0 Å². The van der Waals surface area contributed by atoms with Crippen LogP contribution in [0.25, 0.3) is 21.5 Å². The molecule has 0 aromatic heterocycles. The lowest BCUT2D eigenvalue weighted by Crippen LogP contribution is -2.39. The first-order valence-electron chi connectivity index (χ1n) is 13.5. The highest BCUT2D eigenvalue weighted by Crippen LogP contribution is 2.57. The van der Waals surface area contributed by atoms with E-state index in [-0.39, 0.29) is 5.91 Å². The van der Waals surface area contributed by atoms with Gasteiger partial charge in [0.1, 0.15) is 28.5 Å². The van der Waals surface area contributed by atoms with Gasteiger partial charge < -0.3 is 0 Å². The van der Waals surface area contributed by atoms with Crippen LogP contribution in [0.4, 0.5) is 0 Å². The molecule has 6 aromatic carbocycles. The molecule has 1 amide bonds. The molecule has 0 unspecified atom stereocenters. The van der Waals surface area contributed by atoms with Crippen LogP contribution < -0.4 is 21.2 Å². The topological polar surface area (TPSA) is 20.3 Å². The molecule has 0 spiro atoms. The van der Waals surface area contributed by atoms with Crippen molar-refractivity contribution in [1.29, 1.82) is 0 Å². The number of carbonyl (C=O) groups is 1. The summed E-state index contributed by atoms with van der Waals surface area (Å²) in [4.78, 5) is 14.4. The van der Waals surface area contributed by atoms with E-state index in [1.54, 1.807) is 25.3 Å². The number of hydrogen-bond donors (Lipinski definition) is 0. The second kappa shape index (κ2) is 13.2. The van der Waals surface area contributed by atoms with Crippen LogP contribution in [0.2, 0.25) is 0 Å². The number of rotatable bonds is 9. The second-order valence-electron chi connectivity index (χ2n) is 9.54. The molecule has 6 rings (SSSR count). The van der Waals surface area contributed by atoms with Crippen LogP contribution in [-0.4, -0.2) is 22.1 Å². The fourth-order valence-corrected chi connectivity index (χ4v) is 14.3. The fourth-order valence-electron chi connectivity index (χ4n) is 5.79. The summed E-state index contributed by atoms with van der Waals surface area (Å²) in [7, 11) is 3.65. The number of benzene rings is 6. The molecule has 7 heteroatoms. The number of amides is 1. The maximum atomic E-state index is 14.4. The summed E-state index contributed by atoms with van der Waals surface area (Å²) in [5.41, 5.74) is 0.750. The molecule has 0 aliphatic carbocycles. The molecule has 0 saturated heterocycles. The zero-order chi connectivity index (χ0) is 28.9. The van der Waals surface area contributed by atoms with Crippen molar-refractivity contribution in [2.24, 2.45) is 0 Å². The average molecular weight is 639 g/mol. The molecule has 0 bridgehead atoms. The van der Waals surface area contributed by atoms with Gasteiger partial charge in [0, 0.05) is 32.7 Å². The summed E-state index contributed by atoms with van der Waals surface area (Å²) in [5.74, 6) is 0.00992. The van der Waals surface area contributed by atoms with E-state index >= 15 is 0 Å². The predicted molar refractivity (Wildman–Crippen MR) is 195 cm³/mol. The van der Waals surface area contributed by atoms with Crippen molar-refractivity contribution in [2.45, 2.75) is 0 Å². The minimum atomic E-state index is -2.44. The predicted octanol–water partition coefficient (Wildman–Crippen LogP) is 8.91. The second-order valence-corrected chi connectivity index (χ2v) is 17.7. The summed E-state index contributed by atoms with van der Waals surface area (Å²) < 4.78 is 1.80. The first-order chi connectivity index (χ1) is 20.7. The molecule has 0 atom stereocenters. The Hall–Kier alpha value is -2.86. The van der Waals surface area contributed by atoms with Crippen molar-refractivity contribution in [1.82, 2.24) is 3.71 Å². The van der Waals surface area contributed by atoms with Gasteiger partial charge >= 0.3 is 0 Å². The minimum absolute atomic E-state index is 0.00992. The molecule has 0 aliphatic heterocycles. The van der Waals surface area contributed by atoms with Crippen molar-refractivity contribution in [3.05, 3.63) is 145 Å². The third-order valence-electron chi connectivity index (χ3n) is 7.33. The Morgan fingerprint density at radius 3 is 1.19 bits per heavy atom. The van der Waals surface area contributed by atoms with Crippen LogP contribution in [0.5, 0.6) is 0 Å². The number of carbonyl (C=O) groups excluding carboxylic acids is 1. The van der Waals surface area contributed by atoms with Crippen LogP contribution in [-0.2, 0) is 0 Å². The molecule has 0 saturated carbocycles. The van der Waals surface area contributed by atoms with Gasteiger partial charge in [-0.25, -0.2) is 3.71 Å². The third kappa shape index (κ3) is 5.14. The number of hydrogen-bond acceptors (Lipinski definition) is 5. The zero-order valence-electron chi connectivity index (χ0n) is 23.2. The van der Waals surface area contributed by atoms with E-state index in [4.69, 9.17) is 0 Å². The van der Waals surface area contributed by atoms with Gasteiger partial charge in [-0.05, 0) is 59.7 Å². The Morgan fingerprint density at radius 2 is 0.833 bits per heavy atom. The fraction of sp³-hybridized carbons (Fsp3) is 0.0571. The Bertz CT molecular complexity index is 1680. The molecule has 0 aliphatic rings. The molecule has 208 valence electrons. The van der Waals surface area contributed by atoms with Gasteiger partial charge in [-0.1, -0.05) is 125 Å². The van der Waals surface area contributed by atoms with Gasteiger partial charge in [0.25, 0.3) is 5.91 Å². The number of nitrogens with zero attached hydrogens (tertiary/aromatic N) is 1. The Labute approximate surface area is 264 Å². The summed E-state index contributed by atoms with van der Waals surface area (Å²) in [6.45, 7) is 0. The maximum absolute atomic E-state index is 14.4. The molecule has 42 heavy (non-hydrogen) atoms. The lowest BCUT2D eigenvalue weighted by molar-refractivity contribution is 0.0939. The van der Waals surface area contributed by atoms with Crippen LogP contribution in [0, 0.1) is 0 Å². The zero-order valence-corrected chi connectivity index (χ0v) is 27.4. The molecule has 0 radical (unpaired) electrons. The molecule has 2 nitrogen and oxygen atoms in total. The maximum Gasteiger partial charge on any atom is 0.276 e. The van der Waals surface area contributed by atoms with E-state index in [0.717, 1.165) is 27.1 Å². The molecular formula is C35H29NOPS4+. The monoisotopic (exact) mass is 638 g/mol. The highest BCUT2D eigenvalue weighted by atomic mass is 33.1. The lowest BCUT2D eigenvalue weighted by atomic mass is 9.96. The summed E-state index contributed by atoms with van der Waals surface area (Å²) in [5, 5.41) is 9.35. The SMILES string of the molecule is CSSN(SSC)C(=O)c1c2ccccc2c([P+](c2ccccc2)(c2ccccc2)c2ccccc2)c2ccccc12. The highest BCUT2D eigenvalue weighted by Gasteiger charge is 2.50. The van der Waals surface area contributed by atoms with E-state index in [9.17, 15) is 4.79 Å². The minimum Gasteiger partial charge on any atom is -0.267 e.